The molecule has 3 aromatic rings. The Bertz CT molecular complexity index is 827. The van der Waals surface area contributed by atoms with Gasteiger partial charge < -0.3 is 10.6 Å². The van der Waals surface area contributed by atoms with Crippen LogP contribution in [0, 0.1) is 12.8 Å². The topological polar surface area (TPSA) is 62.7 Å². The van der Waals surface area contributed by atoms with Crippen molar-refractivity contribution in [2.75, 3.05) is 10.6 Å². The van der Waals surface area contributed by atoms with Crippen molar-refractivity contribution in [1.82, 2.24) is 15.0 Å². The molecular formula is C20H23N5. The third-order valence-corrected chi connectivity index (χ3v) is 3.66. The molecule has 25 heavy (non-hydrogen) atoms. The van der Waals surface area contributed by atoms with Gasteiger partial charge in [0.25, 0.3) is 0 Å². The minimum Gasteiger partial charge on any atom is -0.353 e. The fourth-order valence-corrected chi connectivity index (χ4v) is 2.62. The zero-order valence-electron chi connectivity index (χ0n) is 14.8. The van der Waals surface area contributed by atoms with E-state index in [0.717, 1.165) is 29.2 Å². The van der Waals surface area contributed by atoms with Crippen LogP contribution in [-0.2, 0) is 6.42 Å². The van der Waals surface area contributed by atoms with Crippen molar-refractivity contribution in [2.45, 2.75) is 27.2 Å². The van der Waals surface area contributed by atoms with Crippen LogP contribution in [-0.4, -0.2) is 15.0 Å². The second-order valence-corrected chi connectivity index (χ2v) is 6.53. The number of nitrogens with one attached hydrogen (secondary N) is 2. The molecule has 0 spiro atoms. The van der Waals surface area contributed by atoms with Crippen molar-refractivity contribution >= 4 is 23.0 Å². The molecule has 0 atom stereocenters. The van der Waals surface area contributed by atoms with Crippen molar-refractivity contribution in [2.24, 2.45) is 5.92 Å². The number of rotatable bonds is 6. The number of anilines is 4. The summed E-state index contributed by atoms with van der Waals surface area (Å²) < 4.78 is 0. The molecule has 0 saturated heterocycles. The molecule has 5 heteroatoms. The Morgan fingerprint density at radius 3 is 2.36 bits per heavy atom. The maximum atomic E-state index is 4.38. The van der Waals surface area contributed by atoms with Crippen LogP contribution >= 0.6 is 0 Å². The number of pyridine rings is 1. The van der Waals surface area contributed by atoms with Crippen LogP contribution in [0.3, 0.4) is 0 Å². The quantitative estimate of drug-likeness (QED) is 0.674. The summed E-state index contributed by atoms with van der Waals surface area (Å²) in [7, 11) is 0. The zero-order chi connectivity index (χ0) is 17.6. The van der Waals surface area contributed by atoms with Crippen LogP contribution < -0.4 is 10.6 Å². The number of aryl methyl sites for hydroxylation is 1. The normalized spacial score (nSPS) is 10.7. The average Bonchev–Trinajstić information content (AvgIpc) is 2.56. The summed E-state index contributed by atoms with van der Waals surface area (Å²) in [5.74, 6) is 1.21. The average molecular weight is 333 g/mol. The zero-order valence-corrected chi connectivity index (χ0v) is 14.8. The van der Waals surface area contributed by atoms with Crippen molar-refractivity contribution in [3.8, 4) is 0 Å². The largest absolute Gasteiger partial charge is 0.353 e. The van der Waals surface area contributed by atoms with E-state index in [-0.39, 0.29) is 0 Å². The van der Waals surface area contributed by atoms with Gasteiger partial charge in [0, 0.05) is 23.3 Å². The molecule has 0 aliphatic heterocycles. The summed E-state index contributed by atoms with van der Waals surface area (Å²) in [5.41, 5.74) is 5.09. The molecule has 2 heterocycles. The fraction of sp³-hybridized carbons (Fsp3) is 0.250. The lowest BCUT2D eigenvalue weighted by atomic mass is 10.0. The van der Waals surface area contributed by atoms with E-state index >= 15 is 0 Å². The number of aromatic nitrogens is 3. The highest BCUT2D eigenvalue weighted by atomic mass is 15.1. The first kappa shape index (κ1) is 16.9. The van der Waals surface area contributed by atoms with E-state index in [0.29, 0.717) is 11.9 Å². The highest BCUT2D eigenvalue weighted by Crippen LogP contribution is 2.19. The van der Waals surface area contributed by atoms with Gasteiger partial charge in [-0.3, -0.25) is 4.98 Å². The van der Waals surface area contributed by atoms with Gasteiger partial charge in [0.15, 0.2) is 0 Å². The Balaban J connectivity index is 1.66. The number of hydrogen-bond donors (Lipinski definition) is 2. The molecule has 0 radical (unpaired) electrons. The lowest BCUT2D eigenvalue weighted by molar-refractivity contribution is 0.647. The summed E-state index contributed by atoms with van der Waals surface area (Å²) in [4.78, 5) is 13.0. The predicted molar refractivity (Wildman–Crippen MR) is 103 cm³/mol. The summed E-state index contributed by atoms with van der Waals surface area (Å²) in [6.07, 6.45) is 6.37. The van der Waals surface area contributed by atoms with Crippen LogP contribution in [0.1, 0.15) is 25.1 Å². The molecule has 0 aliphatic rings. The second kappa shape index (κ2) is 7.75. The number of benzene rings is 1. The van der Waals surface area contributed by atoms with E-state index in [1.54, 1.807) is 18.6 Å². The molecule has 0 unspecified atom stereocenters. The van der Waals surface area contributed by atoms with Gasteiger partial charge in [-0.1, -0.05) is 26.0 Å². The van der Waals surface area contributed by atoms with Crippen LogP contribution in [0.15, 0.2) is 55.0 Å². The van der Waals surface area contributed by atoms with Crippen molar-refractivity contribution in [3.63, 3.8) is 0 Å². The van der Waals surface area contributed by atoms with Gasteiger partial charge in [0.1, 0.15) is 0 Å². The Labute approximate surface area is 148 Å². The Hall–Kier alpha value is -2.95. The number of nitrogens with zero attached hydrogens (tertiary/aromatic N) is 3. The molecule has 0 bridgehead atoms. The first-order valence-electron chi connectivity index (χ1n) is 8.46. The lowest BCUT2D eigenvalue weighted by Crippen LogP contribution is -2.00. The second-order valence-electron chi connectivity index (χ2n) is 6.53. The molecule has 3 rings (SSSR count). The highest BCUT2D eigenvalue weighted by Gasteiger charge is 2.02. The maximum absolute atomic E-state index is 4.38. The van der Waals surface area contributed by atoms with E-state index in [4.69, 9.17) is 0 Å². The molecule has 5 nitrogen and oxygen atoms in total. The molecular weight excluding hydrogens is 310 g/mol. The highest BCUT2D eigenvalue weighted by molar-refractivity contribution is 5.60. The SMILES string of the molecule is Cc1cc(Nc2cnc(Nc3cccc(CC(C)C)c3)nc2)ccn1. The summed E-state index contributed by atoms with van der Waals surface area (Å²) >= 11 is 0. The van der Waals surface area contributed by atoms with Crippen LogP contribution in [0.2, 0.25) is 0 Å². The number of hydrogen-bond acceptors (Lipinski definition) is 5. The van der Waals surface area contributed by atoms with Gasteiger partial charge >= 0.3 is 0 Å². The standard InChI is InChI=1S/C20H23N5/c1-14(2)9-16-5-4-6-17(11-16)25-20-22-12-19(13-23-20)24-18-7-8-21-15(3)10-18/h4-8,10-14H,9H2,1-3H3,(H,21,24)(H,22,23,25). The molecule has 0 saturated carbocycles. The van der Waals surface area contributed by atoms with E-state index in [9.17, 15) is 0 Å². The monoisotopic (exact) mass is 333 g/mol. The summed E-state index contributed by atoms with van der Waals surface area (Å²) in [6, 6.07) is 12.3. The minimum atomic E-state index is 0.582. The fourth-order valence-electron chi connectivity index (χ4n) is 2.62. The van der Waals surface area contributed by atoms with Gasteiger partial charge in [-0.15, -0.1) is 0 Å². The van der Waals surface area contributed by atoms with Crippen molar-refractivity contribution < 1.29 is 0 Å². The Morgan fingerprint density at radius 1 is 0.880 bits per heavy atom. The van der Waals surface area contributed by atoms with Gasteiger partial charge in [-0.05, 0) is 49.1 Å². The smallest absolute Gasteiger partial charge is 0.227 e. The van der Waals surface area contributed by atoms with Gasteiger partial charge in [-0.2, -0.15) is 0 Å². The van der Waals surface area contributed by atoms with Crippen LogP contribution in [0.25, 0.3) is 0 Å². The maximum Gasteiger partial charge on any atom is 0.227 e. The van der Waals surface area contributed by atoms with E-state index in [2.05, 4.69) is 57.6 Å². The van der Waals surface area contributed by atoms with E-state index in [1.165, 1.54) is 5.56 Å². The summed E-state index contributed by atoms with van der Waals surface area (Å²) in [5, 5.41) is 6.53. The molecule has 0 fully saturated rings. The Kier molecular flexibility index (Phi) is 5.23. The molecule has 1 aromatic carbocycles. The Morgan fingerprint density at radius 2 is 1.64 bits per heavy atom. The first-order valence-corrected chi connectivity index (χ1v) is 8.46. The van der Waals surface area contributed by atoms with E-state index in [1.807, 2.05) is 25.1 Å². The summed E-state index contributed by atoms with van der Waals surface area (Å²) in [6.45, 7) is 6.40. The molecule has 2 aromatic heterocycles. The van der Waals surface area contributed by atoms with Crippen LogP contribution in [0.5, 0.6) is 0 Å². The third-order valence-electron chi connectivity index (χ3n) is 3.66. The molecule has 0 amide bonds. The van der Waals surface area contributed by atoms with Crippen LogP contribution in [0.4, 0.5) is 23.0 Å². The van der Waals surface area contributed by atoms with Gasteiger partial charge in [-0.25, -0.2) is 9.97 Å². The van der Waals surface area contributed by atoms with Gasteiger partial charge in [0.2, 0.25) is 5.95 Å². The molecule has 0 aliphatic carbocycles. The van der Waals surface area contributed by atoms with E-state index < -0.39 is 0 Å². The molecule has 2 N–H and O–H groups in total. The van der Waals surface area contributed by atoms with Gasteiger partial charge in [0.05, 0.1) is 18.1 Å². The van der Waals surface area contributed by atoms with Crippen molar-refractivity contribution in [1.29, 1.82) is 0 Å². The lowest BCUT2D eigenvalue weighted by Gasteiger charge is -2.10. The predicted octanol–water partition coefficient (Wildman–Crippen LogP) is 4.87. The third kappa shape index (κ3) is 5.01. The molecule has 128 valence electrons. The van der Waals surface area contributed by atoms with Crippen molar-refractivity contribution in [3.05, 3.63) is 66.2 Å². The minimum absolute atomic E-state index is 0.582. The first-order chi connectivity index (χ1) is 12.1.